The van der Waals surface area contributed by atoms with Crippen LogP contribution in [0.3, 0.4) is 0 Å². The number of halogens is 1. The van der Waals surface area contributed by atoms with E-state index in [9.17, 15) is 4.79 Å². The monoisotopic (exact) mass is 570 g/mol. The second kappa shape index (κ2) is 12.1. The quantitative estimate of drug-likeness (QED) is 0.309. The van der Waals surface area contributed by atoms with E-state index in [0.717, 1.165) is 61.8 Å². The number of nitrogens with zero attached hydrogens (tertiary/aromatic N) is 2. The van der Waals surface area contributed by atoms with E-state index in [0.29, 0.717) is 19.1 Å². The van der Waals surface area contributed by atoms with Gasteiger partial charge in [-0.1, -0.05) is 19.3 Å². The average Bonchev–Trinajstić information content (AvgIpc) is 3.42. The van der Waals surface area contributed by atoms with E-state index < -0.39 is 0 Å². The lowest BCUT2D eigenvalue weighted by molar-refractivity contribution is -0.135. The number of ether oxygens (including phenoxy) is 2. The summed E-state index contributed by atoms with van der Waals surface area (Å²) in [4.78, 5) is 19.3. The zero-order valence-corrected chi connectivity index (χ0v) is 22.5. The van der Waals surface area contributed by atoms with E-state index in [1.807, 2.05) is 11.8 Å². The van der Waals surface area contributed by atoms with Crippen molar-refractivity contribution in [2.75, 3.05) is 26.7 Å². The third-order valence-electron chi connectivity index (χ3n) is 6.84. The van der Waals surface area contributed by atoms with Gasteiger partial charge in [0, 0.05) is 56.2 Å². The largest absolute Gasteiger partial charge is 0.494 e. The summed E-state index contributed by atoms with van der Waals surface area (Å²) in [6.07, 6.45) is 7.86. The first kappa shape index (κ1) is 25.9. The number of carbonyl (C=O) groups excluding carboxylic acids is 1. The van der Waals surface area contributed by atoms with Crippen LogP contribution >= 0.6 is 24.0 Å². The number of benzene rings is 1. The number of guanidine groups is 1. The molecule has 3 aliphatic rings. The molecule has 1 aliphatic carbocycles. The Kier molecular flexibility index (Phi) is 9.52. The van der Waals surface area contributed by atoms with Crippen LogP contribution in [0.5, 0.6) is 11.5 Å². The van der Waals surface area contributed by atoms with Crippen LogP contribution in [0.25, 0.3) is 0 Å². The van der Waals surface area contributed by atoms with E-state index in [2.05, 4.69) is 34.7 Å². The Hall–Kier alpha value is -1.71. The van der Waals surface area contributed by atoms with Gasteiger partial charge in [0.15, 0.2) is 5.96 Å². The smallest absolute Gasteiger partial charge is 0.225 e. The van der Waals surface area contributed by atoms with Crippen LogP contribution in [0.4, 0.5) is 0 Å². The van der Waals surface area contributed by atoms with Crippen LogP contribution < -0.4 is 20.1 Å². The van der Waals surface area contributed by atoms with Crippen molar-refractivity contribution in [3.05, 3.63) is 23.3 Å². The predicted octanol–water partition coefficient (Wildman–Crippen LogP) is 3.87. The Morgan fingerprint density at radius 2 is 2.03 bits per heavy atom. The number of amides is 1. The molecule has 2 N–H and O–H groups in total. The molecule has 33 heavy (non-hydrogen) atoms. The third kappa shape index (κ3) is 6.45. The van der Waals surface area contributed by atoms with Crippen LogP contribution in [0.1, 0.15) is 63.5 Å². The van der Waals surface area contributed by atoms with Crippen LogP contribution in [0.15, 0.2) is 17.1 Å². The molecule has 1 amide bonds. The summed E-state index contributed by atoms with van der Waals surface area (Å²) in [7, 11) is 1.78. The van der Waals surface area contributed by atoms with Crippen molar-refractivity contribution in [3.63, 3.8) is 0 Å². The standard InChI is InChI=1S/C25H38N4O3.HI/c1-4-31-22-13-19-12-17(2)32-23(19)14-20(22)15-27-25(26-3)28-21-10-11-29(16-21)24(30)18-8-6-5-7-9-18;/h13-14,17-18,21H,4-12,15-16H2,1-3H3,(H2,26,27,28);1H. The minimum Gasteiger partial charge on any atom is -0.494 e. The molecular weight excluding hydrogens is 531 g/mol. The van der Waals surface area contributed by atoms with Crippen LogP contribution in [0, 0.1) is 5.92 Å². The molecule has 1 saturated heterocycles. The van der Waals surface area contributed by atoms with Crippen molar-refractivity contribution in [1.82, 2.24) is 15.5 Å². The highest BCUT2D eigenvalue weighted by molar-refractivity contribution is 14.0. The number of fused-ring (bicyclic) bond motifs is 1. The summed E-state index contributed by atoms with van der Waals surface area (Å²) >= 11 is 0. The van der Waals surface area contributed by atoms with Crippen molar-refractivity contribution in [3.8, 4) is 11.5 Å². The number of hydrogen-bond acceptors (Lipinski definition) is 4. The van der Waals surface area contributed by atoms with Crippen LogP contribution in [-0.4, -0.2) is 55.7 Å². The predicted molar refractivity (Wildman–Crippen MR) is 142 cm³/mol. The molecule has 184 valence electrons. The van der Waals surface area contributed by atoms with Gasteiger partial charge in [-0.15, -0.1) is 24.0 Å². The summed E-state index contributed by atoms with van der Waals surface area (Å²) in [5.41, 5.74) is 2.27. The van der Waals surface area contributed by atoms with Gasteiger partial charge in [0.25, 0.3) is 0 Å². The lowest BCUT2D eigenvalue weighted by Gasteiger charge is -2.26. The maximum atomic E-state index is 12.9. The number of aliphatic imine (C=N–C) groups is 1. The second-order valence-electron chi connectivity index (χ2n) is 9.31. The van der Waals surface area contributed by atoms with Crippen molar-refractivity contribution in [2.24, 2.45) is 10.9 Å². The Bertz CT molecular complexity index is 841. The van der Waals surface area contributed by atoms with Gasteiger partial charge in [-0.25, -0.2) is 0 Å². The molecule has 8 heteroatoms. The van der Waals surface area contributed by atoms with Crippen LogP contribution in [0.2, 0.25) is 0 Å². The Labute approximate surface area is 215 Å². The molecule has 0 spiro atoms. The maximum absolute atomic E-state index is 12.9. The second-order valence-corrected chi connectivity index (χ2v) is 9.31. The Morgan fingerprint density at radius 1 is 1.24 bits per heavy atom. The number of nitrogens with one attached hydrogen (secondary N) is 2. The maximum Gasteiger partial charge on any atom is 0.225 e. The fourth-order valence-corrected chi connectivity index (χ4v) is 5.16. The number of hydrogen-bond donors (Lipinski definition) is 2. The first-order valence-corrected chi connectivity index (χ1v) is 12.3. The molecule has 4 rings (SSSR count). The van der Waals surface area contributed by atoms with E-state index in [1.165, 1.54) is 24.8 Å². The minimum absolute atomic E-state index is 0. The van der Waals surface area contributed by atoms with Gasteiger partial charge in [-0.05, 0) is 45.2 Å². The minimum atomic E-state index is 0. The zero-order chi connectivity index (χ0) is 22.5. The summed E-state index contributed by atoms with van der Waals surface area (Å²) in [6, 6.07) is 4.43. The molecule has 7 nitrogen and oxygen atoms in total. The fourth-order valence-electron chi connectivity index (χ4n) is 5.16. The molecule has 2 atom stereocenters. The van der Waals surface area contributed by atoms with Gasteiger partial charge in [-0.2, -0.15) is 0 Å². The van der Waals surface area contributed by atoms with E-state index in [-0.39, 0.29) is 42.0 Å². The highest BCUT2D eigenvalue weighted by Gasteiger charge is 2.32. The average molecular weight is 571 g/mol. The van der Waals surface area contributed by atoms with Gasteiger partial charge in [0.05, 0.1) is 6.61 Å². The topological polar surface area (TPSA) is 75.2 Å². The highest BCUT2D eigenvalue weighted by Crippen LogP contribution is 2.35. The molecule has 2 unspecified atom stereocenters. The molecule has 1 aromatic carbocycles. The summed E-state index contributed by atoms with van der Waals surface area (Å²) in [6.45, 7) is 6.90. The number of likely N-dealkylation sites (tertiary alicyclic amines) is 1. The fraction of sp³-hybridized carbons (Fsp3) is 0.680. The molecular formula is C25H39IN4O3. The van der Waals surface area contributed by atoms with Gasteiger partial charge >= 0.3 is 0 Å². The SMILES string of the molecule is CCOc1cc2c(cc1CNC(=NC)NC1CCN(C(=O)C3CCCCC3)C1)OC(C)C2.I. The van der Waals surface area contributed by atoms with Crippen molar-refractivity contribution >= 4 is 35.8 Å². The first-order chi connectivity index (χ1) is 15.6. The Balaban J connectivity index is 0.00000306. The van der Waals surface area contributed by atoms with Crippen LogP contribution in [-0.2, 0) is 17.8 Å². The molecule has 2 fully saturated rings. The van der Waals surface area contributed by atoms with E-state index >= 15 is 0 Å². The van der Waals surface area contributed by atoms with Gasteiger partial charge in [0.1, 0.15) is 17.6 Å². The normalized spacial score (nSPS) is 22.9. The van der Waals surface area contributed by atoms with Gasteiger partial charge in [-0.3, -0.25) is 9.79 Å². The summed E-state index contributed by atoms with van der Waals surface area (Å²) in [5.74, 6) is 3.19. The van der Waals surface area contributed by atoms with E-state index in [4.69, 9.17) is 9.47 Å². The number of rotatable bonds is 6. The Morgan fingerprint density at radius 3 is 2.76 bits per heavy atom. The molecule has 0 radical (unpaired) electrons. The van der Waals surface area contributed by atoms with Crippen molar-refractivity contribution in [2.45, 2.75) is 77.5 Å². The van der Waals surface area contributed by atoms with Crippen molar-refractivity contribution in [1.29, 1.82) is 0 Å². The summed E-state index contributed by atoms with van der Waals surface area (Å²) < 4.78 is 11.8. The van der Waals surface area contributed by atoms with Crippen molar-refractivity contribution < 1.29 is 14.3 Å². The summed E-state index contributed by atoms with van der Waals surface area (Å²) in [5, 5.41) is 6.93. The van der Waals surface area contributed by atoms with Gasteiger partial charge in [0.2, 0.25) is 5.91 Å². The van der Waals surface area contributed by atoms with Gasteiger partial charge < -0.3 is 25.0 Å². The van der Waals surface area contributed by atoms with E-state index in [1.54, 1.807) is 7.05 Å². The number of carbonyl (C=O) groups is 1. The molecule has 1 saturated carbocycles. The lowest BCUT2D eigenvalue weighted by Crippen LogP contribution is -2.45. The third-order valence-corrected chi connectivity index (χ3v) is 6.84. The first-order valence-electron chi connectivity index (χ1n) is 12.3. The molecule has 1 aromatic rings. The molecule has 2 aliphatic heterocycles. The molecule has 2 heterocycles. The lowest BCUT2D eigenvalue weighted by atomic mass is 9.88. The molecule has 0 bridgehead atoms. The highest BCUT2D eigenvalue weighted by atomic mass is 127. The molecule has 0 aromatic heterocycles. The zero-order valence-electron chi connectivity index (χ0n) is 20.2.